The number of ether oxygens (including phenoxy) is 1. The molecule has 0 atom stereocenters. The summed E-state index contributed by atoms with van der Waals surface area (Å²) < 4.78 is 19.1. The van der Waals surface area contributed by atoms with Crippen LogP contribution in [0.2, 0.25) is 0 Å². The smallest absolute Gasteiger partial charge is 0.199 e. The van der Waals surface area contributed by atoms with Crippen molar-refractivity contribution in [2.45, 2.75) is 26.7 Å². The molecule has 2 aromatic rings. The van der Waals surface area contributed by atoms with Gasteiger partial charge in [0.2, 0.25) is 0 Å². The zero-order valence-corrected chi connectivity index (χ0v) is 12.6. The first-order valence-corrected chi connectivity index (χ1v) is 7.11. The average Bonchev–Trinajstić information content (AvgIpc) is 2.53. The maximum atomic E-state index is 14.0. The fraction of sp³-hybridized carbons (Fsp3) is 0.278. The molecule has 2 rings (SSSR count). The van der Waals surface area contributed by atoms with E-state index in [2.05, 4.69) is 6.92 Å². The largest absolute Gasteiger partial charge is 0.496 e. The Bertz CT molecular complexity index is 662. The second-order valence-electron chi connectivity index (χ2n) is 4.84. The molecule has 0 aliphatic rings. The lowest BCUT2D eigenvalue weighted by Gasteiger charge is -2.11. The summed E-state index contributed by atoms with van der Waals surface area (Å²) in [6.07, 6.45) is 1.76. The normalized spacial score (nSPS) is 10.5. The molecule has 0 bridgehead atoms. The van der Waals surface area contributed by atoms with Crippen molar-refractivity contribution in [2.75, 3.05) is 7.11 Å². The monoisotopic (exact) mass is 286 g/mol. The van der Waals surface area contributed by atoms with E-state index >= 15 is 0 Å². The van der Waals surface area contributed by atoms with Gasteiger partial charge in [-0.1, -0.05) is 32.0 Å². The summed E-state index contributed by atoms with van der Waals surface area (Å²) in [7, 11) is 1.43. The predicted octanol–water partition coefficient (Wildman–Crippen LogP) is 4.19. The van der Waals surface area contributed by atoms with Crippen LogP contribution in [0.3, 0.4) is 0 Å². The number of aryl methyl sites for hydroxylation is 2. The van der Waals surface area contributed by atoms with Crippen molar-refractivity contribution in [2.24, 2.45) is 0 Å². The van der Waals surface area contributed by atoms with Crippen molar-refractivity contribution in [3.63, 3.8) is 0 Å². The summed E-state index contributed by atoms with van der Waals surface area (Å²) in [4.78, 5) is 12.6. The van der Waals surface area contributed by atoms with Crippen molar-refractivity contribution in [3.8, 4) is 5.75 Å². The summed E-state index contributed by atoms with van der Waals surface area (Å²) in [6.45, 7) is 4.13. The van der Waals surface area contributed by atoms with E-state index in [0.29, 0.717) is 5.56 Å². The minimum absolute atomic E-state index is 0.00805. The number of rotatable bonds is 5. The molecule has 0 saturated heterocycles. The van der Waals surface area contributed by atoms with Gasteiger partial charge in [-0.25, -0.2) is 4.39 Å². The van der Waals surface area contributed by atoms with Gasteiger partial charge in [0.15, 0.2) is 5.78 Å². The Hall–Kier alpha value is -2.16. The number of carbonyl (C=O) groups excluding carboxylic acids is 1. The van der Waals surface area contributed by atoms with Gasteiger partial charge in [0.05, 0.1) is 7.11 Å². The van der Waals surface area contributed by atoms with E-state index < -0.39 is 5.82 Å². The van der Waals surface area contributed by atoms with Crippen molar-refractivity contribution >= 4 is 5.78 Å². The lowest BCUT2D eigenvalue weighted by atomic mass is 9.95. The molecule has 0 amide bonds. The Morgan fingerprint density at radius 3 is 2.43 bits per heavy atom. The van der Waals surface area contributed by atoms with Crippen LogP contribution in [0.4, 0.5) is 4.39 Å². The second-order valence-corrected chi connectivity index (χ2v) is 4.84. The van der Waals surface area contributed by atoms with Gasteiger partial charge in [-0.05, 0) is 42.2 Å². The maximum Gasteiger partial charge on any atom is 0.199 e. The third kappa shape index (κ3) is 2.97. The van der Waals surface area contributed by atoms with E-state index in [1.165, 1.54) is 24.8 Å². The minimum atomic E-state index is -0.558. The van der Waals surface area contributed by atoms with Crippen LogP contribution in [0, 0.1) is 5.82 Å². The van der Waals surface area contributed by atoms with Gasteiger partial charge < -0.3 is 4.74 Å². The maximum absolute atomic E-state index is 14.0. The predicted molar refractivity (Wildman–Crippen MR) is 81.6 cm³/mol. The Balaban J connectivity index is 2.50. The van der Waals surface area contributed by atoms with Crippen LogP contribution in [-0.2, 0) is 12.8 Å². The molecule has 2 aromatic carbocycles. The van der Waals surface area contributed by atoms with Crippen molar-refractivity contribution < 1.29 is 13.9 Å². The molecule has 0 saturated carbocycles. The molecule has 0 fully saturated rings. The lowest BCUT2D eigenvalue weighted by molar-refractivity contribution is 0.103. The van der Waals surface area contributed by atoms with E-state index in [1.54, 1.807) is 12.1 Å². The highest BCUT2D eigenvalue weighted by molar-refractivity contribution is 6.11. The summed E-state index contributed by atoms with van der Waals surface area (Å²) in [5, 5.41) is 0. The highest BCUT2D eigenvalue weighted by atomic mass is 19.1. The molecule has 0 aromatic heterocycles. The summed E-state index contributed by atoms with van der Waals surface area (Å²) in [6, 6.07) is 9.95. The molecule has 3 heteroatoms. The standard InChI is InChI=1S/C18H19FO2/c1-4-12-9-10-14(11-13(12)5-2)18(20)17-15(19)7-6-8-16(17)21-3/h6-11H,4-5H2,1-3H3. The van der Waals surface area contributed by atoms with Gasteiger partial charge in [0, 0.05) is 5.56 Å². The van der Waals surface area contributed by atoms with Crippen LogP contribution >= 0.6 is 0 Å². The van der Waals surface area contributed by atoms with Gasteiger partial charge in [-0.15, -0.1) is 0 Å². The van der Waals surface area contributed by atoms with Crippen molar-refractivity contribution in [1.29, 1.82) is 0 Å². The Kier molecular flexibility index (Phi) is 4.73. The molecule has 110 valence electrons. The number of hydrogen-bond acceptors (Lipinski definition) is 2. The molecule has 0 aliphatic carbocycles. The van der Waals surface area contributed by atoms with E-state index in [4.69, 9.17) is 4.74 Å². The van der Waals surface area contributed by atoms with Gasteiger partial charge in [-0.3, -0.25) is 4.79 Å². The van der Waals surface area contributed by atoms with Gasteiger partial charge in [-0.2, -0.15) is 0 Å². The molecule has 0 aliphatic heterocycles. The van der Waals surface area contributed by atoms with Gasteiger partial charge in [0.1, 0.15) is 17.1 Å². The van der Waals surface area contributed by atoms with Crippen LogP contribution in [-0.4, -0.2) is 12.9 Å². The number of methoxy groups -OCH3 is 1. The SMILES string of the molecule is CCc1ccc(C(=O)c2c(F)cccc2OC)cc1CC. The molecule has 2 nitrogen and oxygen atoms in total. The molecular weight excluding hydrogens is 267 g/mol. The van der Waals surface area contributed by atoms with Crippen LogP contribution in [0.5, 0.6) is 5.75 Å². The first kappa shape index (κ1) is 15.2. The zero-order chi connectivity index (χ0) is 15.4. The zero-order valence-electron chi connectivity index (χ0n) is 12.6. The molecule has 21 heavy (non-hydrogen) atoms. The Labute approximate surface area is 124 Å². The molecular formula is C18H19FO2. The van der Waals surface area contributed by atoms with Crippen LogP contribution in [0.1, 0.15) is 40.9 Å². The fourth-order valence-electron chi connectivity index (χ4n) is 2.48. The second kappa shape index (κ2) is 6.53. The highest BCUT2D eigenvalue weighted by Gasteiger charge is 2.19. The first-order chi connectivity index (χ1) is 10.1. The number of halogens is 1. The van der Waals surface area contributed by atoms with Gasteiger partial charge >= 0.3 is 0 Å². The average molecular weight is 286 g/mol. The van der Waals surface area contributed by atoms with E-state index in [-0.39, 0.29) is 17.1 Å². The van der Waals surface area contributed by atoms with E-state index in [0.717, 1.165) is 18.4 Å². The highest BCUT2D eigenvalue weighted by Crippen LogP contribution is 2.25. The Morgan fingerprint density at radius 2 is 1.81 bits per heavy atom. The van der Waals surface area contributed by atoms with E-state index in [1.807, 2.05) is 19.1 Å². The molecule has 0 radical (unpaired) electrons. The van der Waals surface area contributed by atoms with Crippen LogP contribution in [0.25, 0.3) is 0 Å². The molecule has 0 N–H and O–H groups in total. The number of carbonyl (C=O) groups is 1. The quantitative estimate of drug-likeness (QED) is 0.770. The number of benzene rings is 2. The molecule has 0 spiro atoms. The topological polar surface area (TPSA) is 26.3 Å². The number of hydrogen-bond donors (Lipinski definition) is 0. The third-order valence-electron chi connectivity index (χ3n) is 3.65. The summed E-state index contributed by atoms with van der Waals surface area (Å²) >= 11 is 0. The number of ketones is 1. The van der Waals surface area contributed by atoms with Crippen LogP contribution in [0.15, 0.2) is 36.4 Å². The van der Waals surface area contributed by atoms with Gasteiger partial charge in [0.25, 0.3) is 0 Å². The third-order valence-corrected chi connectivity index (χ3v) is 3.65. The Morgan fingerprint density at radius 1 is 1.10 bits per heavy atom. The molecule has 0 heterocycles. The van der Waals surface area contributed by atoms with Crippen LogP contribution < -0.4 is 4.74 Å². The van der Waals surface area contributed by atoms with E-state index in [9.17, 15) is 9.18 Å². The minimum Gasteiger partial charge on any atom is -0.496 e. The lowest BCUT2D eigenvalue weighted by Crippen LogP contribution is -2.08. The molecule has 0 unspecified atom stereocenters. The summed E-state index contributed by atoms with van der Waals surface area (Å²) in [5.41, 5.74) is 2.83. The van der Waals surface area contributed by atoms with Crippen molar-refractivity contribution in [1.82, 2.24) is 0 Å². The first-order valence-electron chi connectivity index (χ1n) is 7.11. The van der Waals surface area contributed by atoms with Crippen molar-refractivity contribution in [3.05, 3.63) is 64.5 Å². The fourth-order valence-corrected chi connectivity index (χ4v) is 2.48. The summed E-state index contributed by atoms with van der Waals surface area (Å²) in [5.74, 6) is -0.642.